The van der Waals surface area contributed by atoms with Gasteiger partial charge in [0.1, 0.15) is 12.0 Å². The van der Waals surface area contributed by atoms with Crippen molar-refractivity contribution in [2.24, 2.45) is 5.41 Å². The zero-order valence-electron chi connectivity index (χ0n) is 10.9. The van der Waals surface area contributed by atoms with Crippen LogP contribution in [-0.4, -0.2) is 23.5 Å². The lowest BCUT2D eigenvalue weighted by atomic mass is 9.82. The molecule has 0 saturated heterocycles. The fourth-order valence-corrected chi connectivity index (χ4v) is 1.79. The largest absolute Gasteiger partial charge is 0.481 e. The number of hydrogen-bond donors (Lipinski definition) is 2. The van der Waals surface area contributed by atoms with E-state index in [0.717, 1.165) is 0 Å². The summed E-state index contributed by atoms with van der Waals surface area (Å²) in [6.45, 7) is 5.49. The Hall–Kier alpha value is -1.78. The number of carboxylic acid groups (broad SMARTS) is 1. The molecule has 0 aliphatic rings. The third-order valence-electron chi connectivity index (χ3n) is 3.39. The van der Waals surface area contributed by atoms with Crippen LogP contribution in [0.1, 0.15) is 42.8 Å². The molecule has 1 rings (SSSR count). The number of amides is 1. The van der Waals surface area contributed by atoms with E-state index in [9.17, 15) is 14.7 Å². The van der Waals surface area contributed by atoms with Crippen molar-refractivity contribution in [3.63, 3.8) is 0 Å². The van der Waals surface area contributed by atoms with E-state index >= 15 is 0 Å². The number of rotatable bonds is 6. The van der Waals surface area contributed by atoms with Crippen molar-refractivity contribution in [1.29, 1.82) is 0 Å². The minimum atomic E-state index is -0.894. The van der Waals surface area contributed by atoms with Crippen LogP contribution in [-0.2, 0) is 4.79 Å². The zero-order valence-corrected chi connectivity index (χ0v) is 10.9. The van der Waals surface area contributed by atoms with Crippen LogP contribution in [0.25, 0.3) is 0 Å². The molecule has 0 atom stereocenters. The van der Waals surface area contributed by atoms with Gasteiger partial charge >= 0.3 is 5.97 Å². The van der Waals surface area contributed by atoms with Gasteiger partial charge in [-0.2, -0.15) is 0 Å². The van der Waals surface area contributed by atoms with Crippen LogP contribution in [0.3, 0.4) is 0 Å². The molecule has 1 amide bonds. The number of furan rings is 1. The average molecular weight is 253 g/mol. The van der Waals surface area contributed by atoms with E-state index in [1.54, 1.807) is 13.0 Å². The van der Waals surface area contributed by atoms with Crippen LogP contribution in [0.15, 0.2) is 16.7 Å². The highest BCUT2D eigenvalue weighted by molar-refractivity contribution is 5.94. The van der Waals surface area contributed by atoms with Crippen molar-refractivity contribution in [2.75, 3.05) is 6.54 Å². The summed E-state index contributed by atoms with van der Waals surface area (Å²) in [5.74, 6) is -0.536. The van der Waals surface area contributed by atoms with Crippen molar-refractivity contribution in [2.45, 2.75) is 33.6 Å². The van der Waals surface area contributed by atoms with Crippen molar-refractivity contribution in [3.8, 4) is 0 Å². The Kier molecular flexibility index (Phi) is 4.53. The smallest absolute Gasteiger partial charge is 0.311 e. The highest BCUT2D eigenvalue weighted by Gasteiger charge is 2.35. The van der Waals surface area contributed by atoms with E-state index in [0.29, 0.717) is 24.2 Å². The molecule has 0 radical (unpaired) electrons. The number of aliphatic carboxylic acids is 1. The van der Waals surface area contributed by atoms with Gasteiger partial charge in [0.2, 0.25) is 0 Å². The van der Waals surface area contributed by atoms with Gasteiger partial charge in [0.05, 0.1) is 11.0 Å². The van der Waals surface area contributed by atoms with E-state index in [2.05, 4.69) is 5.32 Å². The molecule has 0 aromatic carbocycles. The Bertz CT molecular complexity index is 432. The van der Waals surface area contributed by atoms with Crippen molar-refractivity contribution < 1.29 is 19.1 Å². The van der Waals surface area contributed by atoms with Crippen LogP contribution in [0.4, 0.5) is 0 Å². The molecule has 2 N–H and O–H groups in total. The minimum Gasteiger partial charge on any atom is -0.481 e. The number of aryl methyl sites for hydroxylation is 1. The molecule has 1 aromatic rings. The maximum atomic E-state index is 11.8. The Balaban J connectivity index is 2.69. The molecule has 0 aliphatic heterocycles. The molecule has 18 heavy (non-hydrogen) atoms. The molecular weight excluding hydrogens is 234 g/mol. The Labute approximate surface area is 106 Å². The fourth-order valence-electron chi connectivity index (χ4n) is 1.79. The molecule has 1 aromatic heterocycles. The normalized spacial score (nSPS) is 11.3. The summed E-state index contributed by atoms with van der Waals surface area (Å²) in [6, 6.07) is 1.62. The Morgan fingerprint density at radius 3 is 2.39 bits per heavy atom. The Morgan fingerprint density at radius 2 is 2.00 bits per heavy atom. The maximum Gasteiger partial charge on any atom is 0.311 e. The first kappa shape index (κ1) is 14.3. The SMILES string of the molecule is CCC(CC)(CNC(=O)c1coc(C)c1)C(=O)O. The lowest BCUT2D eigenvalue weighted by molar-refractivity contribution is -0.149. The highest BCUT2D eigenvalue weighted by atomic mass is 16.4. The van der Waals surface area contributed by atoms with Crippen LogP contribution < -0.4 is 5.32 Å². The van der Waals surface area contributed by atoms with E-state index in [4.69, 9.17) is 4.42 Å². The second kappa shape index (κ2) is 5.71. The average Bonchev–Trinajstić information content (AvgIpc) is 2.77. The molecule has 1 heterocycles. The molecule has 5 nitrogen and oxygen atoms in total. The van der Waals surface area contributed by atoms with Gasteiger partial charge in [0, 0.05) is 6.54 Å². The topological polar surface area (TPSA) is 79.5 Å². The first-order chi connectivity index (χ1) is 8.45. The molecule has 0 aliphatic carbocycles. The summed E-state index contributed by atoms with van der Waals surface area (Å²) in [7, 11) is 0. The third-order valence-corrected chi connectivity index (χ3v) is 3.39. The summed E-state index contributed by atoms with van der Waals surface area (Å²) in [6.07, 6.45) is 2.32. The number of nitrogens with one attached hydrogen (secondary N) is 1. The first-order valence-corrected chi connectivity index (χ1v) is 6.02. The molecule has 0 bridgehead atoms. The van der Waals surface area contributed by atoms with E-state index in [1.165, 1.54) is 6.26 Å². The standard InChI is InChI=1S/C13H19NO4/c1-4-13(5-2,12(16)17)8-14-11(15)10-6-9(3)18-7-10/h6-7H,4-5,8H2,1-3H3,(H,14,15)(H,16,17). The second-order valence-corrected chi connectivity index (χ2v) is 4.42. The molecule has 100 valence electrons. The molecular formula is C13H19NO4. The highest BCUT2D eigenvalue weighted by Crippen LogP contribution is 2.25. The van der Waals surface area contributed by atoms with E-state index < -0.39 is 11.4 Å². The van der Waals surface area contributed by atoms with Crippen LogP contribution >= 0.6 is 0 Å². The predicted octanol–water partition coefficient (Wildman–Crippen LogP) is 2.21. The molecule has 0 fully saturated rings. The van der Waals surface area contributed by atoms with Gasteiger partial charge < -0.3 is 14.8 Å². The number of carboxylic acids is 1. The van der Waals surface area contributed by atoms with Gasteiger partial charge in [-0.15, -0.1) is 0 Å². The van der Waals surface area contributed by atoms with E-state index in [1.807, 2.05) is 13.8 Å². The van der Waals surface area contributed by atoms with Crippen LogP contribution in [0.2, 0.25) is 0 Å². The maximum absolute atomic E-state index is 11.8. The van der Waals surface area contributed by atoms with Gasteiger partial charge in [0.25, 0.3) is 5.91 Å². The van der Waals surface area contributed by atoms with Crippen molar-refractivity contribution in [3.05, 3.63) is 23.7 Å². The van der Waals surface area contributed by atoms with Gasteiger partial charge in [-0.05, 0) is 25.8 Å². The number of hydrogen-bond acceptors (Lipinski definition) is 3. The van der Waals surface area contributed by atoms with E-state index in [-0.39, 0.29) is 12.5 Å². The van der Waals surface area contributed by atoms with Crippen LogP contribution in [0.5, 0.6) is 0 Å². The van der Waals surface area contributed by atoms with Gasteiger partial charge in [0.15, 0.2) is 0 Å². The minimum absolute atomic E-state index is 0.123. The molecule has 0 saturated carbocycles. The summed E-state index contributed by atoms with van der Waals surface area (Å²) < 4.78 is 5.04. The second-order valence-electron chi connectivity index (χ2n) is 4.42. The summed E-state index contributed by atoms with van der Waals surface area (Å²) in [5, 5.41) is 11.9. The van der Waals surface area contributed by atoms with Crippen molar-refractivity contribution in [1.82, 2.24) is 5.32 Å². The number of carbonyl (C=O) groups excluding carboxylic acids is 1. The molecule has 0 spiro atoms. The molecule has 5 heteroatoms. The van der Waals surface area contributed by atoms with Crippen molar-refractivity contribution >= 4 is 11.9 Å². The first-order valence-electron chi connectivity index (χ1n) is 6.02. The number of carbonyl (C=O) groups is 2. The summed E-state index contributed by atoms with van der Waals surface area (Å²) >= 11 is 0. The predicted molar refractivity (Wildman–Crippen MR) is 66.4 cm³/mol. The Morgan fingerprint density at radius 1 is 1.39 bits per heavy atom. The summed E-state index contributed by atoms with van der Waals surface area (Å²) in [4.78, 5) is 23.1. The summed E-state index contributed by atoms with van der Waals surface area (Å²) in [5.41, 5.74) is -0.479. The van der Waals surface area contributed by atoms with Gasteiger partial charge in [-0.1, -0.05) is 13.8 Å². The lowest BCUT2D eigenvalue weighted by Gasteiger charge is -2.26. The molecule has 0 unspecified atom stereocenters. The van der Waals surface area contributed by atoms with Gasteiger partial charge in [-0.3, -0.25) is 9.59 Å². The van der Waals surface area contributed by atoms with Gasteiger partial charge in [-0.25, -0.2) is 0 Å². The third kappa shape index (κ3) is 2.91. The lowest BCUT2D eigenvalue weighted by Crippen LogP contribution is -2.42. The zero-order chi connectivity index (χ0) is 13.8. The monoisotopic (exact) mass is 253 g/mol. The fraction of sp³-hybridized carbons (Fsp3) is 0.538. The quantitative estimate of drug-likeness (QED) is 0.814. The van der Waals surface area contributed by atoms with Crippen LogP contribution in [0, 0.1) is 12.3 Å².